The minimum absolute atomic E-state index is 0.126. The third-order valence-electron chi connectivity index (χ3n) is 5.96. The molecule has 0 radical (unpaired) electrons. The van der Waals surface area contributed by atoms with Crippen LogP contribution >= 0.6 is 15.9 Å². The topological polar surface area (TPSA) is 61.4 Å². The first-order chi connectivity index (χ1) is 14.8. The van der Waals surface area contributed by atoms with Crippen LogP contribution in [0.25, 0.3) is 0 Å². The van der Waals surface area contributed by atoms with Crippen molar-refractivity contribution in [3.63, 3.8) is 0 Å². The summed E-state index contributed by atoms with van der Waals surface area (Å²) in [7, 11) is 0. The van der Waals surface area contributed by atoms with E-state index in [1.165, 1.54) is 25.5 Å². The zero-order valence-corrected chi connectivity index (χ0v) is 19.2. The summed E-state index contributed by atoms with van der Waals surface area (Å²) in [5.41, 5.74) is 1.29. The van der Waals surface area contributed by atoms with Crippen LogP contribution in [0.4, 0.5) is 8.78 Å². The van der Waals surface area contributed by atoms with Crippen molar-refractivity contribution >= 4 is 21.8 Å². The fraction of sp³-hybridized carbons (Fsp3) is 0.458. The number of carbonyl (C=O) groups is 1. The van der Waals surface area contributed by atoms with E-state index in [2.05, 4.69) is 38.7 Å². The van der Waals surface area contributed by atoms with Crippen LogP contribution < -0.4 is 10.6 Å². The number of benzene rings is 2. The highest BCUT2D eigenvalue weighted by Gasteiger charge is 2.35. The molecule has 0 saturated heterocycles. The van der Waals surface area contributed by atoms with Crippen molar-refractivity contribution in [1.82, 2.24) is 10.6 Å². The van der Waals surface area contributed by atoms with Gasteiger partial charge in [-0.2, -0.15) is 0 Å². The van der Waals surface area contributed by atoms with E-state index < -0.39 is 23.8 Å². The Morgan fingerprint density at radius 1 is 1.13 bits per heavy atom. The van der Waals surface area contributed by atoms with E-state index in [0.29, 0.717) is 5.56 Å². The van der Waals surface area contributed by atoms with Gasteiger partial charge in [0.05, 0.1) is 12.1 Å². The van der Waals surface area contributed by atoms with Gasteiger partial charge in [0, 0.05) is 29.5 Å². The molecule has 1 amide bonds. The van der Waals surface area contributed by atoms with E-state index in [0.717, 1.165) is 41.8 Å². The maximum absolute atomic E-state index is 13.6. The molecule has 1 aliphatic rings. The number of aliphatic hydroxyl groups is 1. The molecule has 7 heteroatoms. The molecule has 2 atom stereocenters. The van der Waals surface area contributed by atoms with Crippen LogP contribution in [0.15, 0.2) is 46.9 Å². The summed E-state index contributed by atoms with van der Waals surface area (Å²) in [5, 5.41) is 17.2. The summed E-state index contributed by atoms with van der Waals surface area (Å²) in [6.07, 6.45) is 4.47. The quantitative estimate of drug-likeness (QED) is 0.503. The number of nitrogens with one attached hydrogen (secondary N) is 2. The van der Waals surface area contributed by atoms with Crippen LogP contribution in [0.2, 0.25) is 0 Å². The highest BCUT2D eigenvalue weighted by Crippen LogP contribution is 2.38. The number of rotatable bonds is 8. The Morgan fingerprint density at radius 3 is 2.42 bits per heavy atom. The Kier molecular flexibility index (Phi) is 8.19. The van der Waals surface area contributed by atoms with Crippen molar-refractivity contribution in [2.45, 2.75) is 63.1 Å². The van der Waals surface area contributed by atoms with Gasteiger partial charge in [0.1, 0.15) is 11.6 Å². The van der Waals surface area contributed by atoms with Gasteiger partial charge in [-0.3, -0.25) is 4.79 Å². The normalized spacial score (nSPS) is 17.7. The number of aliphatic hydroxyl groups excluding tert-OH is 1. The summed E-state index contributed by atoms with van der Waals surface area (Å²) >= 11 is 3.55. The van der Waals surface area contributed by atoms with Crippen LogP contribution in [0.3, 0.4) is 0 Å². The lowest BCUT2D eigenvalue weighted by Crippen LogP contribution is -2.53. The molecule has 0 bridgehead atoms. The zero-order chi connectivity index (χ0) is 22.4. The number of amides is 1. The van der Waals surface area contributed by atoms with Gasteiger partial charge in [0.15, 0.2) is 0 Å². The Bertz CT molecular complexity index is 883. The molecule has 3 rings (SSSR count). The molecular formula is C24H29BrF2N2O2. The Hall–Kier alpha value is -1.83. The second kappa shape index (κ2) is 10.7. The summed E-state index contributed by atoms with van der Waals surface area (Å²) in [5.74, 6) is -1.67. The number of hydrogen-bond donors (Lipinski definition) is 3. The minimum Gasteiger partial charge on any atom is -0.390 e. The van der Waals surface area contributed by atoms with Crippen LogP contribution in [-0.4, -0.2) is 29.7 Å². The lowest BCUT2D eigenvalue weighted by Gasteiger charge is -2.40. The molecule has 1 aliphatic carbocycles. The van der Waals surface area contributed by atoms with Gasteiger partial charge in [0.2, 0.25) is 5.91 Å². The monoisotopic (exact) mass is 494 g/mol. The predicted octanol–water partition coefficient (Wildman–Crippen LogP) is 4.58. The molecule has 0 unspecified atom stereocenters. The Balaban J connectivity index is 1.76. The molecule has 3 N–H and O–H groups in total. The number of hydrogen-bond acceptors (Lipinski definition) is 3. The molecule has 0 spiro atoms. The van der Waals surface area contributed by atoms with E-state index in [1.807, 2.05) is 12.1 Å². The average Bonchev–Trinajstić information content (AvgIpc) is 2.71. The van der Waals surface area contributed by atoms with Crippen molar-refractivity contribution in [2.75, 3.05) is 6.54 Å². The molecule has 0 heterocycles. The Labute approximate surface area is 190 Å². The van der Waals surface area contributed by atoms with Crippen LogP contribution in [0.5, 0.6) is 0 Å². The predicted molar refractivity (Wildman–Crippen MR) is 121 cm³/mol. The summed E-state index contributed by atoms with van der Waals surface area (Å²) in [6.45, 7) is 1.61. The van der Waals surface area contributed by atoms with E-state index in [4.69, 9.17) is 0 Å². The summed E-state index contributed by atoms with van der Waals surface area (Å²) < 4.78 is 28.2. The van der Waals surface area contributed by atoms with Gasteiger partial charge in [-0.1, -0.05) is 47.3 Å². The molecule has 0 aliphatic heterocycles. The fourth-order valence-electron chi connectivity index (χ4n) is 4.48. The van der Waals surface area contributed by atoms with Gasteiger partial charge in [-0.15, -0.1) is 0 Å². The lowest BCUT2D eigenvalue weighted by molar-refractivity contribution is -0.120. The van der Waals surface area contributed by atoms with Crippen LogP contribution in [0, 0.1) is 11.6 Å². The van der Waals surface area contributed by atoms with Crippen LogP contribution in [0.1, 0.15) is 50.2 Å². The summed E-state index contributed by atoms with van der Waals surface area (Å²) in [6, 6.07) is 10.8. The molecule has 168 valence electrons. The Morgan fingerprint density at radius 2 is 1.81 bits per heavy atom. The van der Waals surface area contributed by atoms with Crippen LogP contribution in [-0.2, 0) is 16.8 Å². The van der Waals surface area contributed by atoms with Gasteiger partial charge < -0.3 is 15.7 Å². The van der Waals surface area contributed by atoms with Gasteiger partial charge in [-0.25, -0.2) is 8.78 Å². The van der Waals surface area contributed by atoms with E-state index in [-0.39, 0.29) is 24.4 Å². The van der Waals surface area contributed by atoms with Gasteiger partial charge >= 0.3 is 0 Å². The van der Waals surface area contributed by atoms with Crippen molar-refractivity contribution in [3.8, 4) is 0 Å². The zero-order valence-electron chi connectivity index (χ0n) is 17.6. The number of halogens is 3. The molecule has 4 nitrogen and oxygen atoms in total. The van der Waals surface area contributed by atoms with Gasteiger partial charge in [-0.05, 0) is 54.7 Å². The lowest BCUT2D eigenvalue weighted by atomic mass is 9.76. The first-order valence-corrected chi connectivity index (χ1v) is 11.5. The third kappa shape index (κ3) is 6.57. The summed E-state index contributed by atoms with van der Waals surface area (Å²) in [4.78, 5) is 11.7. The highest BCUT2D eigenvalue weighted by atomic mass is 79.9. The van der Waals surface area contributed by atoms with Crippen molar-refractivity contribution in [3.05, 3.63) is 69.7 Å². The maximum Gasteiger partial charge on any atom is 0.217 e. The van der Waals surface area contributed by atoms with Gasteiger partial charge in [0.25, 0.3) is 0 Å². The molecule has 1 fully saturated rings. The standard InChI is InChI=1S/C24H29BrF2N2O2/c1-16(30)29-22(12-17-10-20(26)14-21(27)11-17)23(31)15-28-24(8-3-2-4-9-24)18-6-5-7-19(25)13-18/h5-7,10-11,13-14,22-23,28,31H,2-4,8-9,12,15H2,1H3,(H,29,30)/t22-,23-/m0/s1. The molecule has 31 heavy (non-hydrogen) atoms. The molecular weight excluding hydrogens is 466 g/mol. The molecule has 0 aromatic heterocycles. The maximum atomic E-state index is 13.6. The molecule has 2 aromatic rings. The minimum atomic E-state index is -0.929. The molecule has 1 saturated carbocycles. The second-order valence-corrected chi connectivity index (χ2v) is 9.31. The average molecular weight is 495 g/mol. The largest absolute Gasteiger partial charge is 0.390 e. The number of carbonyl (C=O) groups excluding carboxylic acids is 1. The van der Waals surface area contributed by atoms with E-state index >= 15 is 0 Å². The first-order valence-electron chi connectivity index (χ1n) is 10.7. The van der Waals surface area contributed by atoms with Crippen molar-refractivity contribution in [1.29, 1.82) is 0 Å². The van der Waals surface area contributed by atoms with E-state index in [1.54, 1.807) is 0 Å². The third-order valence-corrected chi connectivity index (χ3v) is 6.46. The second-order valence-electron chi connectivity index (χ2n) is 8.39. The van der Waals surface area contributed by atoms with Crippen molar-refractivity contribution < 1.29 is 18.7 Å². The highest BCUT2D eigenvalue weighted by molar-refractivity contribution is 9.10. The van der Waals surface area contributed by atoms with Crippen molar-refractivity contribution in [2.24, 2.45) is 0 Å². The fourth-order valence-corrected chi connectivity index (χ4v) is 4.88. The SMILES string of the molecule is CC(=O)N[C@@H](Cc1cc(F)cc(F)c1)[C@@H](O)CNC1(c2cccc(Br)c2)CCCCC1. The smallest absolute Gasteiger partial charge is 0.217 e. The molecule has 2 aromatic carbocycles. The van der Waals surface area contributed by atoms with E-state index in [9.17, 15) is 18.7 Å². The first kappa shape index (κ1) is 23.8.